The van der Waals surface area contributed by atoms with Gasteiger partial charge in [0, 0.05) is 38.1 Å². The molecule has 112 valence electrons. The maximum absolute atomic E-state index is 4.76. The number of imidazole rings is 1. The maximum atomic E-state index is 4.76. The summed E-state index contributed by atoms with van der Waals surface area (Å²) in [6.07, 6.45) is 9.75. The van der Waals surface area contributed by atoms with Gasteiger partial charge in [-0.1, -0.05) is 6.07 Å². The minimum absolute atomic E-state index is 0.681. The lowest BCUT2D eigenvalue weighted by Crippen LogP contribution is -2.38. The van der Waals surface area contributed by atoms with Crippen LogP contribution in [0.2, 0.25) is 0 Å². The number of fused-ring (bicyclic) bond motifs is 1. The zero-order valence-corrected chi connectivity index (χ0v) is 12.5. The van der Waals surface area contributed by atoms with Crippen LogP contribution in [0, 0.1) is 5.92 Å². The van der Waals surface area contributed by atoms with Gasteiger partial charge in [-0.2, -0.15) is 0 Å². The van der Waals surface area contributed by atoms with Crippen molar-refractivity contribution in [3.8, 4) is 0 Å². The SMILES string of the molecule is c1ccn2cc(CN(CC3CC3)CC3CCCN3)nc2c1. The minimum atomic E-state index is 0.681. The van der Waals surface area contributed by atoms with Gasteiger partial charge in [-0.05, 0) is 50.3 Å². The fourth-order valence-corrected chi connectivity index (χ4v) is 3.39. The van der Waals surface area contributed by atoms with Crippen molar-refractivity contribution < 1.29 is 0 Å². The summed E-state index contributed by atoms with van der Waals surface area (Å²) in [5.41, 5.74) is 2.25. The first-order chi connectivity index (χ1) is 10.4. The third-order valence-corrected chi connectivity index (χ3v) is 4.65. The summed E-state index contributed by atoms with van der Waals surface area (Å²) in [5, 5.41) is 3.63. The van der Waals surface area contributed by atoms with Gasteiger partial charge in [-0.25, -0.2) is 4.98 Å². The highest BCUT2D eigenvalue weighted by atomic mass is 15.2. The Morgan fingerprint density at radius 2 is 2.19 bits per heavy atom. The van der Waals surface area contributed by atoms with E-state index >= 15 is 0 Å². The lowest BCUT2D eigenvalue weighted by molar-refractivity contribution is 0.229. The summed E-state index contributed by atoms with van der Waals surface area (Å²) < 4.78 is 2.12. The van der Waals surface area contributed by atoms with Gasteiger partial charge in [0.15, 0.2) is 0 Å². The molecule has 0 aromatic carbocycles. The second kappa shape index (κ2) is 5.78. The van der Waals surface area contributed by atoms with Crippen molar-refractivity contribution in [2.75, 3.05) is 19.6 Å². The van der Waals surface area contributed by atoms with Crippen molar-refractivity contribution in [1.82, 2.24) is 19.6 Å². The summed E-state index contributed by atoms with van der Waals surface area (Å²) in [6, 6.07) is 6.87. The van der Waals surface area contributed by atoms with Crippen LogP contribution in [0.15, 0.2) is 30.6 Å². The van der Waals surface area contributed by atoms with Gasteiger partial charge in [0.2, 0.25) is 0 Å². The molecule has 4 nitrogen and oxygen atoms in total. The Balaban J connectivity index is 1.46. The molecule has 2 aromatic heterocycles. The van der Waals surface area contributed by atoms with Gasteiger partial charge in [0.05, 0.1) is 5.69 Å². The molecule has 4 rings (SSSR count). The quantitative estimate of drug-likeness (QED) is 0.883. The topological polar surface area (TPSA) is 32.6 Å². The lowest BCUT2D eigenvalue weighted by atomic mass is 10.2. The molecule has 1 saturated carbocycles. The number of hydrogen-bond donors (Lipinski definition) is 1. The summed E-state index contributed by atoms with van der Waals surface area (Å²) in [4.78, 5) is 7.37. The molecular formula is C17H24N4. The van der Waals surface area contributed by atoms with Crippen LogP contribution in [0.5, 0.6) is 0 Å². The number of aromatic nitrogens is 2. The van der Waals surface area contributed by atoms with Gasteiger partial charge in [0.25, 0.3) is 0 Å². The van der Waals surface area contributed by atoms with E-state index in [1.165, 1.54) is 51.0 Å². The third kappa shape index (κ3) is 3.27. The van der Waals surface area contributed by atoms with Crippen LogP contribution < -0.4 is 5.32 Å². The van der Waals surface area contributed by atoms with Gasteiger partial charge < -0.3 is 9.72 Å². The Kier molecular flexibility index (Phi) is 3.65. The molecule has 0 radical (unpaired) electrons. The molecule has 3 heterocycles. The lowest BCUT2D eigenvalue weighted by Gasteiger charge is -2.24. The molecule has 21 heavy (non-hydrogen) atoms. The molecule has 2 fully saturated rings. The normalized spacial score (nSPS) is 22.4. The van der Waals surface area contributed by atoms with Crippen LogP contribution in [-0.4, -0.2) is 40.0 Å². The van der Waals surface area contributed by atoms with Gasteiger partial charge in [-0.3, -0.25) is 4.90 Å². The summed E-state index contributed by atoms with van der Waals surface area (Å²) in [5.74, 6) is 0.934. The molecule has 1 saturated heterocycles. The van der Waals surface area contributed by atoms with E-state index in [4.69, 9.17) is 4.98 Å². The standard InChI is InChI=1S/C17H24N4/c1-2-9-21-13-16(19-17(21)5-1)12-20(10-14-6-7-14)11-15-4-3-8-18-15/h1-2,5,9,13-15,18H,3-4,6-8,10-12H2. The summed E-state index contributed by atoms with van der Waals surface area (Å²) >= 11 is 0. The zero-order chi connectivity index (χ0) is 14.1. The van der Waals surface area contributed by atoms with Crippen molar-refractivity contribution in [2.24, 2.45) is 5.92 Å². The van der Waals surface area contributed by atoms with Crippen molar-refractivity contribution in [1.29, 1.82) is 0 Å². The predicted molar refractivity (Wildman–Crippen MR) is 84.2 cm³/mol. The number of nitrogens with zero attached hydrogens (tertiary/aromatic N) is 3. The fraction of sp³-hybridized carbons (Fsp3) is 0.588. The van der Waals surface area contributed by atoms with Crippen LogP contribution in [-0.2, 0) is 6.54 Å². The Morgan fingerprint density at radius 3 is 2.95 bits per heavy atom. The van der Waals surface area contributed by atoms with E-state index in [0.717, 1.165) is 18.1 Å². The fourth-order valence-electron chi connectivity index (χ4n) is 3.39. The van der Waals surface area contributed by atoms with Gasteiger partial charge in [0.1, 0.15) is 5.65 Å². The van der Waals surface area contributed by atoms with Crippen molar-refractivity contribution in [3.63, 3.8) is 0 Å². The molecule has 0 spiro atoms. The zero-order valence-electron chi connectivity index (χ0n) is 12.5. The van der Waals surface area contributed by atoms with Crippen LogP contribution in [0.4, 0.5) is 0 Å². The smallest absolute Gasteiger partial charge is 0.137 e. The molecule has 1 aliphatic heterocycles. The van der Waals surface area contributed by atoms with E-state index in [1.807, 2.05) is 0 Å². The van der Waals surface area contributed by atoms with Crippen molar-refractivity contribution in [3.05, 3.63) is 36.3 Å². The second-order valence-electron chi connectivity index (χ2n) is 6.63. The molecule has 2 aromatic rings. The Morgan fingerprint density at radius 1 is 1.24 bits per heavy atom. The number of pyridine rings is 1. The van der Waals surface area contributed by atoms with Crippen molar-refractivity contribution in [2.45, 2.75) is 38.3 Å². The van der Waals surface area contributed by atoms with Crippen LogP contribution in [0.1, 0.15) is 31.4 Å². The molecule has 1 unspecified atom stereocenters. The van der Waals surface area contributed by atoms with E-state index in [-0.39, 0.29) is 0 Å². The second-order valence-corrected chi connectivity index (χ2v) is 6.63. The van der Waals surface area contributed by atoms with Crippen LogP contribution >= 0.6 is 0 Å². The Bertz CT molecular complexity index is 563. The average Bonchev–Trinajstić information content (AvgIpc) is 3.00. The van der Waals surface area contributed by atoms with Crippen molar-refractivity contribution >= 4 is 5.65 Å². The molecular weight excluding hydrogens is 260 g/mol. The number of rotatable bonds is 6. The monoisotopic (exact) mass is 284 g/mol. The Hall–Kier alpha value is -1.39. The predicted octanol–water partition coefficient (Wildman–Crippen LogP) is 2.30. The first-order valence-electron chi connectivity index (χ1n) is 8.25. The third-order valence-electron chi connectivity index (χ3n) is 4.65. The molecule has 0 amide bonds. The molecule has 1 N–H and O–H groups in total. The molecule has 1 aliphatic carbocycles. The van der Waals surface area contributed by atoms with E-state index in [1.54, 1.807) is 0 Å². The van der Waals surface area contributed by atoms with Gasteiger partial charge >= 0.3 is 0 Å². The molecule has 0 bridgehead atoms. The average molecular weight is 284 g/mol. The van der Waals surface area contributed by atoms with Crippen LogP contribution in [0.25, 0.3) is 5.65 Å². The van der Waals surface area contributed by atoms with E-state index in [2.05, 4.69) is 45.2 Å². The summed E-state index contributed by atoms with van der Waals surface area (Å²) in [6.45, 7) is 4.59. The first-order valence-corrected chi connectivity index (χ1v) is 8.25. The highest BCUT2D eigenvalue weighted by Gasteiger charge is 2.26. The Labute approximate surface area is 126 Å². The van der Waals surface area contributed by atoms with Gasteiger partial charge in [-0.15, -0.1) is 0 Å². The molecule has 2 aliphatic rings. The minimum Gasteiger partial charge on any atom is -0.313 e. The highest BCUT2D eigenvalue weighted by molar-refractivity contribution is 5.39. The van der Waals surface area contributed by atoms with E-state index in [9.17, 15) is 0 Å². The number of hydrogen-bond acceptors (Lipinski definition) is 3. The van der Waals surface area contributed by atoms with E-state index in [0.29, 0.717) is 6.04 Å². The van der Waals surface area contributed by atoms with E-state index < -0.39 is 0 Å². The number of nitrogens with one attached hydrogen (secondary N) is 1. The summed E-state index contributed by atoms with van der Waals surface area (Å²) in [7, 11) is 0. The molecule has 4 heteroatoms. The maximum Gasteiger partial charge on any atom is 0.137 e. The largest absolute Gasteiger partial charge is 0.313 e. The molecule has 1 atom stereocenters. The van der Waals surface area contributed by atoms with Crippen LogP contribution in [0.3, 0.4) is 0 Å². The first kappa shape index (κ1) is 13.3. The highest BCUT2D eigenvalue weighted by Crippen LogP contribution is 2.30.